The Bertz CT molecular complexity index is 296. The van der Waals surface area contributed by atoms with Crippen molar-refractivity contribution in [2.24, 2.45) is 0 Å². The average Bonchev–Trinajstić information content (AvgIpc) is 2.80. The molecule has 3 heteroatoms. The van der Waals surface area contributed by atoms with E-state index in [0.717, 1.165) is 26.1 Å². The molecule has 0 amide bonds. The third-order valence-electron chi connectivity index (χ3n) is 3.01. The summed E-state index contributed by atoms with van der Waals surface area (Å²) >= 11 is 0. The van der Waals surface area contributed by atoms with Crippen molar-refractivity contribution in [2.75, 3.05) is 20.3 Å². The fourth-order valence-electron chi connectivity index (χ4n) is 2.02. The number of aromatic nitrogens is 1. The standard InChI is InChI=1S/C14H26N2O/c1-4-9-15-13(2)14-8-7-11-16(14)10-5-6-12-17-3/h7-8,11,13,15H,4-6,9-10,12H2,1-3H3. The molecule has 1 N–H and O–H groups in total. The summed E-state index contributed by atoms with van der Waals surface area (Å²) in [6.45, 7) is 7.46. The molecule has 0 fully saturated rings. The Morgan fingerprint density at radius 1 is 1.41 bits per heavy atom. The molecule has 1 heterocycles. The highest BCUT2D eigenvalue weighted by molar-refractivity contribution is 5.11. The molecule has 0 saturated heterocycles. The number of rotatable bonds is 9. The monoisotopic (exact) mass is 238 g/mol. The Kier molecular flexibility index (Phi) is 6.97. The lowest BCUT2D eigenvalue weighted by Gasteiger charge is -2.16. The SMILES string of the molecule is CCCNC(C)c1cccn1CCCCOC. The van der Waals surface area contributed by atoms with Crippen molar-refractivity contribution in [3.05, 3.63) is 24.0 Å². The number of methoxy groups -OCH3 is 1. The summed E-state index contributed by atoms with van der Waals surface area (Å²) in [6.07, 6.45) is 5.66. The lowest BCUT2D eigenvalue weighted by atomic mass is 10.2. The molecule has 1 aromatic rings. The summed E-state index contributed by atoms with van der Waals surface area (Å²) in [6, 6.07) is 4.78. The van der Waals surface area contributed by atoms with Gasteiger partial charge in [-0.05, 0) is 44.9 Å². The fraction of sp³-hybridized carbons (Fsp3) is 0.714. The van der Waals surface area contributed by atoms with Gasteiger partial charge in [0.25, 0.3) is 0 Å². The van der Waals surface area contributed by atoms with Gasteiger partial charge in [0.2, 0.25) is 0 Å². The zero-order valence-electron chi connectivity index (χ0n) is 11.4. The van der Waals surface area contributed by atoms with Crippen LogP contribution in [0.15, 0.2) is 18.3 Å². The van der Waals surface area contributed by atoms with Gasteiger partial charge in [0.05, 0.1) is 0 Å². The Hall–Kier alpha value is -0.800. The van der Waals surface area contributed by atoms with E-state index in [-0.39, 0.29) is 0 Å². The van der Waals surface area contributed by atoms with Gasteiger partial charge in [-0.2, -0.15) is 0 Å². The van der Waals surface area contributed by atoms with Gasteiger partial charge >= 0.3 is 0 Å². The normalized spacial score (nSPS) is 12.9. The summed E-state index contributed by atoms with van der Waals surface area (Å²) in [5, 5.41) is 3.53. The van der Waals surface area contributed by atoms with Crippen LogP contribution in [0.2, 0.25) is 0 Å². The molecule has 1 rings (SSSR count). The second-order valence-corrected chi connectivity index (χ2v) is 4.50. The third-order valence-corrected chi connectivity index (χ3v) is 3.01. The minimum atomic E-state index is 0.437. The Morgan fingerprint density at radius 2 is 2.24 bits per heavy atom. The minimum absolute atomic E-state index is 0.437. The first-order valence-corrected chi connectivity index (χ1v) is 6.67. The molecule has 0 saturated carbocycles. The van der Waals surface area contributed by atoms with Crippen molar-refractivity contribution in [3.63, 3.8) is 0 Å². The fourth-order valence-corrected chi connectivity index (χ4v) is 2.02. The maximum atomic E-state index is 5.07. The molecule has 1 aromatic heterocycles. The van der Waals surface area contributed by atoms with E-state index < -0.39 is 0 Å². The Labute approximate surface area is 105 Å². The second-order valence-electron chi connectivity index (χ2n) is 4.50. The van der Waals surface area contributed by atoms with Crippen LogP contribution in [0.3, 0.4) is 0 Å². The molecule has 3 nitrogen and oxygen atoms in total. The first-order valence-electron chi connectivity index (χ1n) is 6.67. The van der Waals surface area contributed by atoms with Gasteiger partial charge in [-0.1, -0.05) is 6.92 Å². The van der Waals surface area contributed by atoms with E-state index in [9.17, 15) is 0 Å². The molecule has 0 aliphatic rings. The summed E-state index contributed by atoms with van der Waals surface area (Å²) in [4.78, 5) is 0. The molecular weight excluding hydrogens is 212 g/mol. The van der Waals surface area contributed by atoms with Crippen LogP contribution >= 0.6 is 0 Å². The summed E-state index contributed by atoms with van der Waals surface area (Å²) in [5.74, 6) is 0. The van der Waals surface area contributed by atoms with Gasteiger partial charge in [-0.25, -0.2) is 0 Å². The predicted molar refractivity (Wildman–Crippen MR) is 72.3 cm³/mol. The van der Waals surface area contributed by atoms with Gasteiger partial charge in [0.1, 0.15) is 0 Å². The van der Waals surface area contributed by atoms with Gasteiger partial charge in [-0.3, -0.25) is 0 Å². The summed E-state index contributed by atoms with van der Waals surface area (Å²) in [7, 11) is 1.76. The van der Waals surface area contributed by atoms with Crippen LogP contribution in [0, 0.1) is 0 Å². The zero-order valence-corrected chi connectivity index (χ0v) is 11.4. The Morgan fingerprint density at radius 3 is 2.94 bits per heavy atom. The van der Waals surface area contributed by atoms with Crippen molar-refractivity contribution < 1.29 is 4.74 Å². The first kappa shape index (κ1) is 14.3. The second kappa shape index (κ2) is 8.31. The third kappa shape index (κ3) is 4.92. The quantitative estimate of drug-likeness (QED) is 0.669. The molecule has 0 radical (unpaired) electrons. The van der Waals surface area contributed by atoms with E-state index in [1.807, 2.05) is 0 Å². The lowest BCUT2D eigenvalue weighted by molar-refractivity contribution is 0.191. The van der Waals surface area contributed by atoms with Gasteiger partial charge in [-0.15, -0.1) is 0 Å². The molecule has 1 atom stereocenters. The summed E-state index contributed by atoms with van der Waals surface area (Å²) in [5.41, 5.74) is 1.39. The van der Waals surface area contributed by atoms with E-state index in [0.29, 0.717) is 6.04 Å². The largest absolute Gasteiger partial charge is 0.385 e. The maximum absolute atomic E-state index is 5.07. The molecule has 0 aromatic carbocycles. The van der Waals surface area contributed by atoms with Crippen LogP contribution in [0.1, 0.15) is 44.8 Å². The van der Waals surface area contributed by atoms with E-state index >= 15 is 0 Å². The van der Waals surface area contributed by atoms with E-state index in [1.54, 1.807) is 7.11 Å². The van der Waals surface area contributed by atoms with Gasteiger partial charge in [0.15, 0.2) is 0 Å². The molecule has 0 aliphatic carbocycles. The van der Waals surface area contributed by atoms with E-state index in [1.165, 1.54) is 18.5 Å². The molecule has 0 spiro atoms. The van der Waals surface area contributed by atoms with Crippen LogP contribution in [0.25, 0.3) is 0 Å². The number of aryl methyl sites for hydroxylation is 1. The highest BCUT2D eigenvalue weighted by Crippen LogP contribution is 2.14. The average molecular weight is 238 g/mol. The van der Waals surface area contributed by atoms with Crippen molar-refractivity contribution in [1.82, 2.24) is 9.88 Å². The van der Waals surface area contributed by atoms with Crippen molar-refractivity contribution in [3.8, 4) is 0 Å². The molecule has 1 unspecified atom stereocenters. The van der Waals surface area contributed by atoms with Crippen molar-refractivity contribution in [2.45, 2.75) is 45.7 Å². The lowest BCUT2D eigenvalue weighted by Crippen LogP contribution is -2.21. The molecule has 17 heavy (non-hydrogen) atoms. The minimum Gasteiger partial charge on any atom is -0.385 e. The number of nitrogens with zero attached hydrogens (tertiary/aromatic N) is 1. The number of ether oxygens (including phenoxy) is 1. The first-order chi connectivity index (χ1) is 8.29. The molecule has 98 valence electrons. The van der Waals surface area contributed by atoms with E-state index in [4.69, 9.17) is 4.74 Å². The number of hydrogen-bond acceptors (Lipinski definition) is 2. The van der Waals surface area contributed by atoms with Crippen molar-refractivity contribution in [1.29, 1.82) is 0 Å². The molecule has 0 bridgehead atoms. The molecule has 0 aliphatic heterocycles. The van der Waals surface area contributed by atoms with Crippen LogP contribution in [0.5, 0.6) is 0 Å². The predicted octanol–water partition coefficient (Wildman–Crippen LogP) is 2.98. The van der Waals surface area contributed by atoms with Crippen LogP contribution in [-0.2, 0) is 11.3 Å². The maximum Gasteiger partial charge on any atom is 0.0462 e. The summed E-state index contributed by atoms with van der Waals surface area (Å²) < 4.78 is 7.42. The smallest absolute Gasteiger partial charge is 0.0462 e. The van der Waals surface area contributed by atoms with Gasteiger partial charge in [0, 0.05) is 38.2 Å². The van der Waals surface area contributed by atoms with Crippen LogP contribution in [-0.4, -0.2) is 24.8 Å². The van der Waals surface area contributed by atoms with Gasteiger partial charge < -0.3 is 14.6 Å². The number of unbranched alkanes of at least 4 members (excludes halogenated alkanes) is 1. The highest BCUT2D eigenvalue weighted by Gasteiger charge is 2.08. The highest BCUT2D eigenvalue weighted by atomic mass is 16.5. The topological polar surface area (TPSA) is 26.2 Å². The van der Waals surface area contributed by atoms with E-state index in [2.05, 4.69) is 42.1 Å². The Balaban J connectivity index is 2.41. The van der Waals surface area contributed by atoms with Crippen LogP contribution in [0.4, 0.5) is 0 Å². The van der Waals surface area contributed by atoms with Crippen LogP contribution < -0.4 is 5.32 Å². The molecular formula is C14H26N2O. The zero-order chi connectivity index (χ0) is 12.5. The number of hydrogen-bond donors (Lipinski definition) is 1. The number of nitrogens with one attached hydrogen (secondary N) is 1. The van der Waals surface area contributed by atoms with Crippen molar-refractivity contribution >= 4 is 0 Å².